The van der Waals surface area contributed by atoms with Gasteiger partial charge in [0.05, 0.1) is 0 Å². The lowest BCUT2D eigenvalue weighted by atomic mass is 10.1. The van der Waals surface area contributed by atoms with Gasteiger partial charge in [0, 0.05) is 5.39 Å². The quantitative estimate of drug-likeness (QED) is 0.833. The van der Waals surface area contributed by atoms with E-state index in [-0.39, 0.29) is 0 Å². The molecule has 3 rings (SSSR count). The van der Waals surface area contributed by atoms with E-state index in [0.717, 1.165) is 29.6 Å². The highest BCUT2D eigenvalue weighted by atomic mass is 16.4. The van der Waals surface area contributed by atoms with Crippen LogP contribution in [0, 0.1) is 19.8 Å². The van der Waals surface area contributed by atoms with Crippen LogP contribution in [0.3, 0.4) is 0 Å². The van der Waals surface area contributed by atoms with Gasteiger partial charge in [-0.25, -0.2) is 0 Å². The van der Waals surface area contributed by atoms with Gasteiger partial charge in [0.25, 0.3) is 0 Å². The second-order valence-corrected chi connectivity index (χ2v) is 4.92. The van der Waals surface area contributed by atoms with Crippen LogP contribution in [0.4, 0.5) is 0 Å². The number of benzene rings is 1. The van der Waals surface area contributed by atoms with Gasteiger partial charge in [-0.3, -0.25) is 0 Å². The first kappa shape index (κ1) is 9.91. The fourth-order valence-corrected chi connectivity index (χ4v) is 2.30. The maximum Gasteiger partial charge on any atom is 0.134 e. The normalized spacial score (nSPS) is 17.9. The molecule has 1 aromatic heterocycles. The van der Waals surface area contributed by atoms with Crippen molar-refractivity contribution in [1.29, 1.82) is 0 Å². The largest absolute Gasteiger partial charge is 0.458 e. The van der Waals surface area contributed by atoms with Gasteiger partial charge in [0.15, 0.2) is 0 Å². The number of rotatable bonds is 2. The second kappa shape index (κ2) is 3.36. The molecule has 2 aromatic rings. The number of aliphatic hydroxyl groups is 1. The molecule has 84 valence electrons. The van der Waals surface area contributed by atoms with Crippen molar-refractivity contribution in [3.63, 3.8) is 0 Å². The fourth-order valence-electron chi connectivity index (χ4n) is 2.30. The molecule has 1 saturated carbocycles. The van der Waals surface area contributed by atoms with Crippen molar-refractivity contribution < 1.29 is 9.52 Å². The molecule has 2 nitrogen and oxygen atoms in total. The molecule has 1 fully saturated rings. The Hall–Kier alpha value is -1.28. The lowest BCUT2D eigenvalue weighted by molar-refractivity contribution is 0.129. The van der Waals surface area contributed by atoms with Crippen molar-refractivity contribution in [2.75, 3.05) is 0 Å². The summed E-state index contributed by atoms with van der Waals surface area (Å²) >= 11 is 0. The van der Waals surface area contributed by atoms with E-state index in [9.17, 15) is 5.11 Å². The van der Waals surface area contributed by atoms with Crippen LogP contribution in [0.25, 0.3) is 11.0 Å². The number of aliphatic hydroxyl groups excluding tert-OH is 1. The monoisotopic (exact) mass is 216 g/mol. The number of furan rings is 1. The zero-order valence-electron chi connectivity index (χ0n) is 9.66. The Morgan fingerprint density at radius 3 is 2.69 bits per heavy atom. The molecule has 1 atom stereocenters. The molecule has 0 saturated heterocycles. The molecule has 1 aliphatic rings. The van der Waals surface area contributed by atoms with Crippen molar-refractivity contribution in [1.82, 2.24) is 0 Å². The van der Waals surface area contributed by atoms with Crippen molar-refractivity contribution in [2.24, 2.45) is 5.92 Å². The fraction of sp³-hybridized carbons (Fsp3) is 0.429. The van der Waals surface area contributed by atoms with Crippen LogP contribution in [0.5, 0.6) is 0 Å². The second-order valence-electron chi connectivity index (χ2n) is 4.92. The summed E-state index contributed by atoms with van der Waals surface area (Å²) in [6.07, 6.45) is 1.83. The van der Waals surface area contributed by atoms with E-state index in [1.54, 1.807) is 0 Å². The predicted molar refractivity (Wildman–Crippen MR) is 63.4 cm³/mol. The van der Waals surface area contributed by atoms with Crippen LogP contribution in [0.15, 0.2) is 22.6 Å². The number of hydrogen-bond donors (Lipinski definition) is 1. The van der Waals surface area contributed by atoms with Crippen LogP contribution < -0.4 is 0 Å². The summed E-state index contributed by atoms with van der Waals surface area (Å²) in [5.74, 6) is 1.15. The maximum atomic E-state index is 10.0. The number of aryl methyl sites for hydroxylation is 2. The molecular weight excluding hydrogens is 200 g/mol. The van der Waals surface area contributed by atoms with E-state index in [1.165, 1.54) is 11.1 Å². The van der Waals surface area contributed by atoms with Gasteiger partial charge in [-0.2, -0.15) is 0 Å². The first-order chi connectivity index (χ1) is 7.65. The SMILES string of the molecule is Cc1cc(C)c2cc(C(O)C3CC3)oc2c1. The van der Waals surface area contributed by atoms with Gasteiger partial charge in [-0.05, 0) is 55.9 Å². The molecule has 0 bridgehead atoms. The summed E-state index contributed by atoms with van der Waals surface area (Å²) in [6, 6.07) is 6.17. The Bertz CT molecular complexity index is 535. The first-order valence-corrected chi connectivity index (χ1v) is 5.84. The zero-order valence-corrected chi connectivity index (χ0v) is 9.66. The summed E-state index contributed by atoms with van der Waals surface area (Å²) in [7, 11) is 0. The van der Waals surface area contributed by atoms with Crippen molar-refractivity contribution in [3.8, 4) is 0 Å². The summed E-state index contributed by atoms with van der Waals surface area (Å²) in [4.78, 5) is 0. The smallest absolute Gasteiger partial charge is 0.134 e. The van der Waals surface area contributed by atoms with Crippen LogP contribution in [0.1, 0.15) is 35.8 Å². The number of hydrogen-bond acceptors (Lipinski definition) is 2. The molecule has 2 heteroatoms. The average Bonchev–Trinajstić information content (AvgIpc) is 2.97. The minimum Gasteiger partial charge on any atom is -0.458 e. The van der Waals surface area contributed by atoms with Gasteiger partial charge >= 0.3 is 0 Å². The van der Waals surface area contributed by atoms with Gasteiger partial charge in [0.1, 0.15) is 17.4 Å². The van der Waals surface area contributed by atoms with Crippen molar-refractivity contribution in [2.45, 2.75) is 32.8 Å². The van der Waals surface area contributed by atoms with Gasteiger partial charge in [0.2, 0.25) is 0 Å². The molecule has 1 unspecified atom stereocenters. The average molecular weight is 216 g/mol. The molecule has 0 radical (unpaired) electrons. The molecule has 16 heavy (non-hydrogen) atoms. The van der Waals surface area contributed by atoms with E-state index in [2.05, 4.69) is 19.9 Å². The molecule has 1 aliphatic carbocycles. The third kappa shape index (κ3) is 1.54. The summed E-state index contributed by atoms with van der Waals surface area (Å²) < 4.78 is 5.74. The number of fused-ring (bicyclic) bond motifs is 1. The molecule has 1 heterocycles. The zero-order chi connectivity index (χ0) is 11.3. The Morgan fingerprint density at radius 1 is 1.25 bits per heavy atom. The Balaban J connectivity index is 2.11. The summed E-state index contributed by atoms with van der Waals surface area (Å²) in [6.45, 7) is 4.14. The van der Waals surface area contributed by atoms with E-state index in [0.29, 0.717) is 5.92 Å². The van der Waals surface area contributed by atoms with E-state index in [4.69, 9.17) is 4.42 Å². The lowest BCUT2D eigenvalue weighted by Gasteiger charge is -2.03. The maximum absolute atomic E-state index is 10.0. The standard InChI is InChI=1S/C14H16O2/c1-8-5-9(2)11-7-13(16-12(11)6-8)14(15)10-3-4-10/h5-7,10,14-15H,3-4H2,1-2H3. The Morgan fingerprint density at radius 2 is 2.00 bits per heavy atom. The van der Waals surface area contributed by atoms with Crippen LogP contribution in [0.2, 0.25) is 0 Å². The van der Waals surface area contributed by atoms with Gasteiger partial charge < -0.3 is 9.52 Å². The van der Waals surface area contributed by atoms with Gasteiger partial charge in [-0.15, -0.1) is 0 Å². The van der Waals surface area contributed by atoms with Crippen molar-refractivity contribution >= 4 is 11.0 Å². The molecule has 0 aliphatic heterocycles. The van der Waals surface area contributed by atoms with Crippen LogP contribution >= 0.6 is 0 Å². The molecule has 1 aromatic carbocycles. The highest BCUT2D eigenvalue weighted by Crippen LogP contribution is 2.42. The molecule has 0 spiro atoms. The third-order valence-electron chi connectivity index (χ3n) is 3.37. The lowest BCUT2D eigenvalue weighted by Crippen LogP contribution is -1.96. The van der Waals surface area contributed by atoms with Gasteiger partial charge in [-0.1, -0.05) is 6.07 Å². The van der Waals surface area contributed by atoms with E-state index < -0.39 is 6.10 Å². The van der Waals surface area contributed by atoms with Crippen molar-refractivity contribution in [3.05, 3.63) is 35.1 Å². The molecule has 1 N–H and O–H groups in total. The molecular formula is C14H16O2. The van der Waals surface area contributed by atoms with Crippen LogP contribution in [-0.2, 0) is 0 Å². The minimum absolute atomic E-state index is 0.410. The Labute approximate surface area is 94.9 Å². The van der Waals surface area contributed by atoms with E-state index >= 15 is 0 Å². The van der Waals surface area contributed by atoms with E-state index in [1.807, 2.05) is 12.1 Å². The molecule has 0 amide bonds. The predicted octanol–water partition coefficient (Wildman–Crippen LogP) is 3.49. The minimum atomic E-state index is -0.410. The first-order valence-electron chi connectivity index (χ1n) is 5.84. The summed E-state index contributed by atoms with van der Waals surface area (Å²) in [5, 5.41) is 11.2. The highest BCUT2D eigenvalue weighted by Gasteiger charge is 2.33. The Kier molecular flexibility index (Phi) is 2.08. The third-order valence-corrected chi connectivity index (χ3v) is 3.37. The van der Waals surface area contributed by atoms with Crippen LogP contribution in [-0.4, -0.2) is 5.11 Å². The highest BCUT2D eigenvalue weighted by molar-refractivity contribution is 5.82. The summed E-state index contributed by atoms with van der Waals surface area (Å²) in [5.41, 5.74) is 3.31. The topological polar surface area (TPSA) is 33.4 Å².